The Bertz CT molecular complexity index is 377. The first-order chi connectivity index (χ1) is 8.39. The Kier molecular flexibility index (Phi) is 5.54. The van der Waals surface area contributed by atoms with E-state index in [1.54, 1.807) is 0 Å². The fourth-order valence-corrected chi connectivity index (χ4v) is 3.31. The lowest BCUT2D eigenvalue weighted by Gasteiger charge is -2.23. The van der Waals surface area contributed by atoms with Crippen LogP contribution in [0.4, 0.5) is 4.79 Å². The summed E-state index contributed by atoms with van der Waals surface area (Å²) in [6, 6.07) is 9.68. The fourth-order valence-electron chi connectivity index (χ4n) is 1.79. The number of hydrogen-bond donors (Lipinski definition) is 1. The molecule has 0 radical (unpaired) electrons. The highest BCUT2D eigenvalue weighted by atomic mass is 32.2. The molecule has 0 atom stereocenters. The summed E-state index contributed by atoms with van der Waals surface area (Å²) in [6.45, 7) is 4.35. The Balaban J connectivity index is 2.38. The molecule has 0 bridgehead atoms. The average molecular weight is 268 g/mol. The summed E-state index contributed by atoms with van der Waals surface area (Å²) in [7, 11) is 0.288. The second-order valence-corrected chi connectivity index (χ2v) is 7.46. The summed E-state index contributed by atoms with van der Waals surface area (Å²) in [5.74, 6) is 0.952. The topological polar surface area (TPSA) is 38.3 Å². The van der Waals surface area contributed by atoms with Crippen LogP contribution in [-0.2, 0) is 22.2 Å². The van der Waals surface area contributed by atoms with Crippen molar-refractivity contribution in [1.82, 2.24) is 5.32 Å². The SMILES string of the molecule is C[S+](C)CC(C)(C)NC(=O)OCc1ccccc1. The second kappa shape index (κ2) is 6.69. The van der Waals surface area contributed by atoms with Gasteiger partial charge in [0.1, 0.15) is 12.4 Å². The van der Waals surface area contributed by atoms with Crippen LogP contribution in [0.5, 0.6) is 0 Å². The third-order valence-corrected chi connectivity index (χ3v) is 3.60. The van der Waals surface area contributed by atoms with Gasteiger partial charge in [0.15, 0.2) is 0 Å². The van der Waals surface area contributed by atoms with Gasteiger partial charge in [-0.25, -0.2) is 4.79 Å². The Hall–Kier alpha value is -1.16. The molecule has 0 aliphatic heterocycles. The Morgan fingerprint density at radius 3 is 2.44 bits per heavy atom. The molecule has 1 rings (SSSR count). The van der Waals surface area contributed by atoms with E-state index < -0.39 is 0 Å². The first-order valence-electron chi connectivity index (χ1n) is 5.92. The summed E-state index contributed by atoms with van der Waals surface area (Å²) in [5, 5.41) is 2.90. The summed E-state index contributed by atoms with van der Waals surface area (Å²) in [5.41, 5.74) is 0.775. The van der Waals surface area contributed by atoms with Crippen LogP contribution in [0.1, 0.15) is 19.4 Å². The lowest BCUT2D eigenvalue weighted by molar-refractivity contribution is 0.131. The van der Waals surface area contributed by atoms with E-state index in [0.29, 0.717) is 6.61 Å². The molecule has 0 saturated heterocycles. The smallest absolute Gasteiger partial charge is 0.408 e. The molecule has 0 spiro atoms. The first-order valence-corrected chi connectivity index (χ1v) is 8.13. The molecule has 0 aromatic heterocycles. The number of rotatable bonds is 5. The molecule has 0 saturated carbocycles. The van der Waals surface area contributed by atoms with E-state index in [1.807, 2.05) is 44.2 Å². The highest BCUT2D eigenvalue weighted by molar-refractivity contribution is 7.95. The molecule has 1 aromatic rings. The van der Waals surface area contributed by atoms with Gasteiger partial charge in [-0.15, -0.1) is 0 Å². The van der Waals surface area contributed by atoms with Gasteiger partial charge in [0.2, 0.25) is 0 Å². The summed E-state index contributed by atoms with van der Waals surface area (Å²) >= 11 is 0. The Labute approximate surface area is 112 Å². The molecule has 0 fully saturated rings. The molecular formula is C14H22NO2S+. The standard InChI is InChI=1S/C14H21NO2S/c1-14(2,11-18(3)4)15-13(16)17-10-12-8-6-5-7-9-12/h5-9H,10-11H2,1-4H3/p+1. The minimum absolute atomic E-state index is 0.222. The maximum atomic E-state index is 11.7. The van der Waals surface area contributed by atoms with Gasteiger partial charge in [0.25, 0.3) is 0 Å². The van der Waals surface area contributed by atoms with Gasteiger partial charge in [-0.3, -0.25) is 0 Å². The monoisotopic (exact) mass is 268 g/mol. The number of amides is 1. The highest BCUT2D eigenvalue weighted by Crippen LogP contribution is 2.07. The lowest BCUT2D eigenvalue weighted by atomic mass is 10.1. The van der Waals surface area contributed by atoms with E-state index in [-0.39, 0.29) is 22.5 Å². The summed E-state index contributed by atoms with van der Waals surface area (Å²) in [4.78, 5) is 11.7. The van der Waals surface area contributed by atoms with Crippen LogP contribution in [0.15, 0.2) is 30.3 Å². The van der Waals surface area contributed by atoms with Gasteiger partial charge in [-0.2, -0.15) is 0 Å². The van der Waals surface area contributed by atoms with Gasteiger partial charge in [0, 0.05) is 0 Å². The van der Waals surface area contributed by atoms with E-state index in [2.05, 4.69) is 17.8 Å². The van der Waals surface area contributed by atoms with Gasteiger partial charge < -0.3 is 10.1 Å². The quantitative estimate of drug-likeness (QED) is 0.834. The largest absolute Gasteiger partial charge is 0.445 e. The minimum atomic E-state index is -0.352. The number of nitrogens with one attached hydrogen (secondary N) is 1. The Morgan fingerprint density at radius 1 is 1.28 bits per heavy atom. The number of hydrogen-bond acceptors (Lipinski definition) is 2. The molecule has 100 valence electrons. The van der Waals surface area contributed by atoms with E-state index in [9.17, 15) is 4.79 Å². The predicted molar refractivity (Wildman–Crippen MR) is 77.9 cm³/mol. The van der Waals surface area contributed by atoms with Crippen molar-refractivity contribution in [1.29, 1.82) is 0 Å². The average Bonchev–Trinajstić information content (AvgIpc) is 2.25. The van der Waals surface area contributed by atoms with Crippen LogP contribution in [0.25, 0.3) is 0 Å². The molecule has 0 aliphatic carbocycles. The molecule has 1 aromatic carbocycles. The molecule has 0 aliphatic rings. The molecule has 1 amide bonds. The zero-order valence-corrected chi connectivity index (χ0v) is 12.3. The van der Waals surface area contributed by atoms with Crippen molar-refractivity contribution in [2.45, 2.75) is 26.0 Å². The molecule has 0 heterocycles. The molecular weight excluding hydrogens is 246 g/mol. The molecule has 3 nitrogen and oxygen atoms in total. The van der Waals surface area contributed by atoms with Crippen molar-refractivity contribution >= 4 is 17.0 Å². The molecule has 18 heavy (non-hydrogen) atoms. The summed E-state index contributed by atoms with van der Waals surface area (Å²) < 4.78 is 5.20. The summed E-state index contributed by atoms with van der Waals surface area (Å²) in [6.07, 6.45) is 3.98. The second-order valence-electron chi connectivity index (χ2n) is 5.20. The number of ether oxygens (including phenoxy) is 1. The van der Waals surface area contributed by atoms with Crippen molar-refractivity contribution in [3.05, 3.63) is 35.9 Å². The third kappa shape index (κ3) is 5.96. The lowest BCUT2D eigenvalue weighted by Crippen LogP contribution is -2.48. The van der Waals surface area contributed by atoms with Crippen LogP contribution in [0.2, 0.25) is 0 Å². The Morgan fingerprint density at radius 2 is 1.89 bits per heavy atom. The normalized spacial score (nSPS) is 11.4. The zero-order valence-electron chi connectivity index (χ0n) is 11.5. The van der Waals surface area contributed by atoms with Crippen molar-refractivity contribution < 1.29 is 9.53 Å². The van der Waals surface area contributed by atoms with E-state index in [1.165, 1.54) is 0 Å². The molecule has 1 N–H and O–H groups in total. The highest BCUT2D eigenvalue weighted by Gasteiger charge is 2.27. The maximum Gasteiger partial charge on any atom is 0.408 e. The van der Waals surface area contributed by atoms with Gasteiger partial charge in [-0.1, -0.05) is 30.3 Å². The van der Waals surface area contributed by atoms with Gasteiger partial charge in [0.05, 0.1) is 18.1 Å². The number of alkyl carbamates (subject to hydrolysis) is 1. The van der Waals surface area contributed by atoms with Crippen LogP contribution in [-0.4, -0.2) is 29.9 Å². The number of carbonyl (C=O) groups excluding carboxylic acids is 1. The van der Waals surface area contributed by atoms with Crippen LogP contribution < -0.4 is 5.32 Å². The van der Waals surface area contributed by atoms with Crippen LogP contribution in [0.3, 0.4) is 0 Å². The van der Waals surface area contributed by atoms with Gasteiger partial charge in [-0.05, 0) is 30.3 Å². The van der Waals surface area contributed by atoms with Crippen molar-refractivity contribution in [2.24, 2.45) is 0 Å². The minimum Gasteiger partial charge on any atom is -0.445 e. The van der Waals surface area contributed by atoms with Crippen molar-refractivity contribution in [3.8, 4) is 0 Å². The third-order valence-electron chi connectivity index (χ3n) is 2.30. The maximum absolute atomic E-state index is 11.7. The van der Waals surface area contributed by atoms with E-state index in [4.69, 9.17) is 4.74 Å². The van der Waals surface area contributed by atoms with Crippen LogP contribution in [0, 0.1) is 0 Å². The predicted octanol–water partition coefficient (Wildman–Crippen LogP) is 2.57. The van der Waals surface area contributed by atoms with Crippen molar-refractivity contribution in [2.75, 3.05) is 18.3 Å². The number of carbonyl (C=O) groups is 1. The van der Waals surface area contributed by atoms with Gasteiger partial charge >= 0.3 is 6.09 Å². The van der Waals surface area contributed by atoms with E-state index >= 15 is 0 Å². The number of benzene rings is 1. The molecule has 0 unspecified atom stereocenters. The fraction of sp³-hybridized carbons (Fsp3) is 0.500. The van der Waals surface area contributed by atoms with Crippen molar-refractivity contribution in [3.63, 3.8) is 0 Å². The van der Waals surface area contributed by atoms with E-state index in [0.717, 1.165) is 11.3 Å². The molecule has 4 heteroatoms. The van der Waals surface area contributed by atoms with Crippen LogP contribution >= 0.6 is 0 Å². The zero-order chi connectivity index (χ0) is 13.6. The first kappa shape index (κ1) is 14.9.